The van der Waals surface area contributed by atoms with E-state index in [0.717, 1.165) is 18.2 Å². The number of carbonyl (C=O) groups is 1. The van der Waals surface area contributed by atoms with E-state index in [2.05, 4.69) is 31.9 Å². The van der Waals surface area contributed by atoms with Crippen LogP contribution in [-0.4, -0.2) is 16.1 Å². The zero-order chi connectivity index (χ0) is 7.98. The third-order valence-electron chi connectivity index (χ3n) is 1.04. The second-order valence-electron chi connectivity index (χ2n) is 2.00. The number of rotatable bonds is 5. The number of alkyl halides is 2. The monoisotopic (exact) mass is 271 g/mol. The quantitative estimate of drug-likeness (QED) is 0.703. The summed E-state index contributed by atoms with van der Waals surface area (Å²) in [6.07, 6.45) is 1.97. The summed E-state index contributed by atoms with van der Waals surface area (Å²) < 4.78 is 0. The van der Waals surface area contributed by atoms with Crippen LogP contribution in [0, 0.1) is 0 Å². The van der Waals surface area contributed by atoms with Crippen LogP contribution in [0.5, 0.6) is 0 Å². The molecule has 0 radical (unpaired) electrons. The lowest BCUT2D eigenvalue weighted by molar-refractivity contribution is -0.305. The van der Waals surface area contributed by atoms with Gasteiger partial charge in [0.15, 0.2) is 0 Å². The molecule has 0 amide bonds. The Hall–Kier alpha value is 0.430. The van der Waals surface area contributed by atoms with Crippen LogP contribution in [0.25, 0.3) is 0 Å². The van der Waals surface area contributed by atoms with Crippen LogP contribution in [0.4, 0.5) is 0 Å². The van der Waals surface area contributed by atoms with E-state index >= 15 is 0 Å². The molecule has 0 aliphatic heterocycles. The number of aliphatic carboxylic acids is 1. The van der Waals surface area contributed by atoms with Gasteiger partial charge in [0.25, 0.3) is 0 Å². The van der Waals surface area contributed by atoms with Crippen molar-refractivity contribution < 1.29 is 9.90 Å². The van der Waals surface area contributed by atoms with Crippen LogP contribution < -0.4 is 5.11 Å². The first-order valence-corrected chi connectivity index (χ1v) is 5.10. The van der Waals surface area contributed by atoms with Gasteiger partial charge in [0.05, 0.1) is 0 Å². The highest BCUT2D eigenvalue weighted by Gasteiger charge is 2.02. The van der Waals surface area contributed by atoms with Gasteiger partial charge in [-0.1, -0.05) is 31.9 Å². The Morgan fingerprint density at radius 2 is 2.20 bits per heavy atom. The summed E-state index contributed by atoms with van der Waals surface area (Å²) in [6, 6.07) is 0. The van der Waals surface area contributed by atoms with Crippen LogP contribution in [0.15, 0.2) is 0 Å². The molecule has 0 N–H and O–H groups in total. The molecular formula is C6H9Br2O2-. The van der Waals surface area contributed by atoms with Crippen molar-refractivity contribution in [3.63, 3.8) is 0 Å². The lowest BCUT2D eigenvalue weighted by Crippen LogP contribution is -2.25. The highest BCUT2D eigenvalue weighted by molar-refractivity contribution is 9.09. The maximum atomic E-state index is 10.0. The minimum absolute atomic E-state index is 0.0649. The molecule has 0 aliphatic rings. The van der Waals surface area contributed by atoms with Gasteiger partial charge in [-0.25, -0.2) is 0 Å². The third kappa shape index (κ3) is 6.55. The first-order chi connectivity index (χ1) is 4.66. The van der Waals surface area contributed by atoms with Gasteiger partial charge in [0, 0.05) is 16.1 Å². The number of carboxylic acids is 1. The summed E-state index contributed by atoms with van der Waals surface area (Å²) in [4.78, 5) is 10.1. The Morgan fingerprint density at radius 1 is 1.60 bits per heavy atom. The summed E-state index contributed by atoms with van der Waals surface area (Å²) in [5.41, 5.74) is 0. The fourth-order valence-electron chi connectivity index (χ4n) is 0.582. The molecule has 1 unspecified atom stereocenters. The Labute approximate surface area is 77.3 Å². The molecule has 0 fully saturated rings. The molecule has 10 heavy (non-hydrogen) atoms. The maximum Gasteiger partial charge on any atom is 0.0425 e. The average molecular weight is 273 g/mol. The molecule has 4 heteroatoms. The highest BCUT2D eigenvalue weighted by Crippen LogP contribution is 2.12. The van der Waals surface area contributed by atoms with Gasteiger partial charge in [-0.2, -0.15) is 0 Å². The predicted octanol–water partition coefficient (Wildman–Crippen LogP) is 1.06. The molecule has 0 aromatic rings. The van der Waals surface area contributed by atoms with Gasteiger partial charge in [0.1, 0.15) is 0 Å². The Morgan fingerprint density at radius 3 is 2.60 bits per heavy atom. The van der Waals surface area contributed by atoms with Gasteiger partial charge < -0.3 is 9.90 Å². The van der Waals surface area contributed by atoms with E-state index in [1.807, 2.05) is 0 Å². The largest absolute Gasteiger partial charge is 0.550 e. The average Bonchev–Trinajstić information content (AvgIpc) is 1.82. The fraction of sp³-hybridized carbons (Fsp3) is 0.833. The predicted molar refractivity (Wildman–Crippen MR) is 45.4 cm³/mol. The van der Waals surface area contributed by atoms with Crippen LogP contribution in [0.3, 0.4) is 0 Å². The molecule has 0 heterocycles. The van der Waals surface area contributed by atoms with Crippen molar-refractivity contribution in [2.24, 2.45) is 0 Å². The maximum absolute atomic E-state index is 10.0. The van der Waals surface area contributed by atoms with Crippen molar-refractivity contribution in [2.75, 3.05) is 5.33 Å². The van der Waals surface area contributed by atoms with E-state index in [1.54, 1.807) is 0 Å². The molecule has 0 aromatic heterocycles. The molecule has 0 aromatic carbocycles. The van der Waals surface area contributed by atoms with Crippen molar-refractivity contribution in [2.45, 2.75) is 24.1 Å². The zero-order valence-electron chi connectivity index (χ0n) is 5.48. The Balaban J connectivity index is 3.25. The van der Waals surface area contributed by atoms with Crippen LogP contribution in [0.2, 0.25) is 0 Å². The summed E-state index contributed by atoms with van der Waals surface area (Å²) in [5.74, 6) is -0.989. The first kappa shape index (κ1) is 10.4. The van der Waals surface area contributed by atoms with E-state index in [-0.39, 0.29) is 11.2 Å². The zero-order valence-corrected chi connectivity index (χ0v) is 8.65. The Bertz CT molecular complexity index is 106. The molecule has 0 saturated heterocycles. The summed E-state index contributed by atoms with van der Waals surface area (Å²) >= 11 is 6.50. The van der Waals surface area contributed by atoms with Crippen LogP contribution in [0.1, 0.15) is 19.3 Å². The lowest BCUT2D eigenvalue weighted by atomic mass is 10.2. The van der Waals surface area contributed by atoms with E-state index in [4.69, 9.17) is 0 Å². The van der Waals surface area contributed by atoms with Gasteiger partial charge in [-0.3, -0.25) is 0 Å². The van der Waals surface area contributed by atoms with Crippen molar-refractivity contribution in [3.8, 4) is 0 Å². The van der Waals surface area contributed by atoms with E-state index < -0.39 is 5.97 Å². The normalized spacial score (nSPS) is 13.0. The smallest absolute Gasteiger partial charge is 0.0425 e. The molecule has 1 atom stereocenters. The number of hydrogen-bond donors (Lipinski definition) is 0. The number of halogens is 2. The van der Waals surface area contributed by atoms with Gasteiger partial charge in [0.2, 0.25) is 0 Å². The lowest BCUT2D eigenvalue weighted by Gasteiger charge is -2.08. The van der Waals surface area contributed by atoms with Gasteiger partial charge in [-0.15, -0.1) is 0 Å². The second kappa shape index (κ2) is 6.16. The topological polar surface area (TPSA) is 40.1 Å². The molecule has 60 valence electrons. The van der Waals surface area contributed by atoms with E-state index in [9.17, 15) is 9.90 Å². The molecule has 0 spiro atoms. The molecular weight excluding hydrogens is 264 g/mol. The van der Waals surface area contributed by atoms with Crippen molar-refractivity contribution in [1.82, 2.24) is 0 Å². The third-order valence-corrected chi connectivity index (χ3v) is 2.38. The standard InChI is InChI=1S/C6H10Br2O2/c7-3-1-2-5(8)4-6(9)10/h5H,1-4H2,(H,9,10)/p-1. The van der Waals surface area contributed by atoms with Crippen LogP contribution in [-0.2, 0) is 4.79 Å². The summed E-state index contributed by atoms with van der Waals surface area (Å²) in [6.45, 7) is 0. The minimum atomic E-state index is -0.989. The highest BCUT2D eigenvalue weighted by atomic mass is 79.9. The van der Waals surface area contributed by atoms with Gasteiger partial charge in [-0.05, 0) is 19.3 Å². The number of carboxylic acid groups (broad SMARTS) is 1. The molecule has 0 rings (SSSR count). The summed E-state index contributed by atoms with van der Waals surface area (Å²) in [5, 5.41) is 10.9. The van der Waals surface area contributed by atoms with Crippen molar-refractivity contribution in [3.05, 3.63) is 0 Å². The molecule has 0 aliphatic carbocycles. The Kier molecular flexibility index (Phi) is 6.43. The van der Waals surface area contributed by atoms with E-state index in [1.165, 1.54) is 0 Å². The second-order valence-corrected chi connectivity index (χ2v) is 4.09. The fourth-order valence-corrected chi connectivity index (χ4v) is 1.49. The first-order valence-electron chi connectivity index (χ1n) is 3.06. The molecule has 0 saturated carbocycles. The SMILES string of the molecule is O=C([O-])CC(Br)CCCBr. The summed E-state index contributed by atoms with van der Waals surface area (Å²) in [7, 11) is 0. The van der Waals surface area contributed by atoms with Crippen LogP contribution >= 0.6 is 31.9 Å². The van der Waals surface area contributed by atoms with E-state index in [0.29, 0.717) is 0 Å². The molecule has 2 nitrogen and oxygen atoms in total. The molecule has 0 bridgehead atoms. The number of carbonyl (C=O) groups excluding carboxylic acids is 1. The van der Waals surface area contributed by atoms with Crippen molar-refractivity contribution >= 4 is 37.8 Å². The van der Waals surface area contributed by atoms with Crippen molar-refractivity contribution in [1.29, 1.82) is 0 Å². The van der Waals surface area contributed by atoms with Gasteiger partial charge >= 0.3 is 0 Å². The number of hydrogen-bond acceptors (Lipinski definition) is 2. The minimum Gasteiger partial charge on any atom is -0.550 e.